The highest BCUT2D eigenvalue weighted by molar-refractivity contribution is 5.94. The molecule has 11 nitrogen and oxygen atoms in total. The number of nitrogens with one attached hydrogen (secondary N) is 3. The van der Waals surface area contributed by atoms with E-state index >= 15 is 0 Å². The molecule has 0 bridgehead atoms. The highest BCUT2D eigenvalue weighted by Gasteiger charge is 2.22. The molecule has 5 N–H and O–H groups in total. The zero-order valence-electron chi connectivity index (χ0n) is 21.6. The first-order valence-corrected chi connectivity index (χ1v) is 12.5. The second kappa shape index (κ2) is 11.0. The Bertz CT molecular complexity index is 1300. The molecule has 3 aromatic rings. The van der Waals surface area contributed by atoms with Gasteiger partial charge in [-0.05, 0) is 56.9 Å². The van der Waals surface area contributed by atoms with E-state index in [0.717, 1.165) is 30.6 Å². The van der Waals surface area contributed by atoms with Gasteiger partial charge < -0.3 is 25.7 Å². The number of H-pyrrole nitrogens is 2. The van der Waals surface area contributed by atoms with Crippen LogP contribution in [0.5, 0.6) is 0 Å². The van der Waals surface area contributed by atoms with Gasteiger partial charge in [-0.25, -0.2) is 4.79 Å². The Kier molecular flexibility index (Phi) is 7.82. The Balaban J connectivity index is 1.23. The van der Waals surface area contributed by atoms with Crippen molar-refractivity contribution in [2.24, 2.45) is 0 Å². The highest BCUT2D eigenvalue weighted by atomic mass is 16.6. The number of piperazine rings is 1. The zero-order chi connectivity index (χ0) is 26.6. The molecule has 2 aromatic heterocycles. The number of nitrogens with two attached hydrogens (primary N) is 1. The number of fused-ring (bicyclic) bond motifs is 1. The molecule has 1 aliphatic heterocycles. The monoisotopic (exact) mass is 509 g/mol. The molecule has 1 aromatic carbocycles. The number of nitrogens with zero attached hydrogens (tertiary/aromatic N) is 3. The van der Waals surface area contributed by atoms with Crippen molar-refractivity contribution >= 4 is 29.0 Å². The first kappa shape index (κ1) is 26.2. The van der Waals surface area contributed by atoms with Crippen LogP contribution >= 0.6 is 0 Å². The molecule has 1 fully saturated rings. The van der Waals surface area contributed by atoms with Gasteiger partial charge >= 0.3 is 6.09 Å². The van der Waals surface area contributed by atoms with E-state index in [-0.39, 0.29) is 17.4 Å². The Morgan fingerprint density at radius 2 is 1.81 bits per heavy atom. The van der Waals surface area contributed by atoms with Crippen LogP contribution in [-0.2, 0) is 17.6 Å². The summed E-state index contributed by atoms with van der Waals surface area (Å²) in [5, 5.41) is 3.30. The van der Waals surface area contributed by atoms with Crippen molar-refractivity contribution in [3.05, 3.63) is 57.5 Å². The minimum atomic E-state index is -0.515. The van der Waals surface area contributed by atoms with Gasteiger partial charge in [0.15, 0.2) is 0 Å². The summed E-state index contributed by atoms with van der Waals surface area (Å²) in [5.74, 6) is 0.104. The van der Waals surface area contributed by atoms with Crippen LogP contribution in [0.4, 0.5) is 10.7 Å². The summed E-state index contributed by atoms with van der Waals surface area (Å²) in [5.41, 5.74) is 7.94. The lowest BCUT2D eigenvalue weighted by atomic mass is 10.0. The number of amides is 2. The Morgan fingerprint density at radius 1 is 1.11 bits per heavy atom. The van der Waals surface area contributed by atoms with E-state index in [0.29, 0.717) is 49.2 Å². The molecule has 0 unspecified atom stereocenters. The molecule has 4 rings (SSSR count). The quantitative estimate of drug-likeness (QED) is 0.380. The number of ether oxygens (including phenoxy) is 1. The number of anilines is 1. The van der Waals surface area contributed by atoms with Crippen LogP contribution in [0.2, 0.25) is 0 Å². The van der Waals surface area contributed by atoms with Crippen molar-refractivity contribution in [1.82, 2.24) is 30.1 Å². The zero-order valence-corrected chi connectivity index (χ0v) is 21.6. The third-order valence-electron chi connectivity index (χ3n) is 6.28. The molecular formula is C26H35N7O4. The topological polar surface area (TPSA) is 149 Å². The van der Waals surface area contributed by atoms with Gasteiger partial charge in [0.1, 0.15) is 11.2 Å². The summed E-state index contributed by atoms with van der Waals surface area (Å²) < 4.78 is 5.25. The molecule has 37 heavy (non-hydrogen) atoms. The molecule has 1 saturated heterocycles. The van der Waals surface area contributed by atoms with Gasteiger partial charge in [0.25, 0.3) is 11.5 Å². The first-order valence-electron chi connectivity index (χ1n) is 12.5. The standard InChI is InChI=1S/C26H35N7O4/c1-26(2,3)37-25(36)28-10-11-32-12-14-33(15-13-32)23(35)18-7-4-17(5-8-18)6-9-19-16-29-21-20(19)22(34)31-24(27)30-21/h4-5,7-8,16H,6,9-15H2,1-3H3,(H,28,36)(H4,27,29,30,31,34). The van der Waals surface area contributed by atoms with Crippen molar-refractivity contribution in [1.29, 1.82) is 0 Å². The fourth-order valence-electron chi connectivity index (χ4n) is 4.40. The van der Waals surface area contributed by atoms with Gasteiger partial charge in [0.2, 0.25) is 5.95 Å². The van der Waals surface area contributed by atoms with Crippen molar-refractivity contribution in [3.63, 3.8) is 0 Å². The maximum absolute atomic E-state index is 13.0. The number of hydrogen-bond acceptors (Lipinski definition) is 7. The second-order valence-electron chi connectivity index (χ2n) is 10.2. The van der Waals surface area contributed by atoms with E-state index in [9.17, 15) is 14.4 Å². The lowest BCUT2D eigenvalue weighted by Crippen LogP contribution is -2.50. The van der Waals surface area contributed by atoms with Crippen molar-refractivity contribution in [2.75, 3.05) is 45.0 Å². The number of hydrogen-bond donors (Lipinski definition) is 4. The number of benzene rings is 1. The second-order valence-corrected chi connectivity index (χ2v) is 10.2. The minimum absolute atomic E-state index is 0.0184. The number of aryl methyl sites for hydroxylation is 2. The van der Waals surface area contributed by atoms with Crippen molar-refractivity contribution in [2.45, 2.75) is 39.2 Å². The summed E-state index contributed by atoms with van der Waals surface area (Å²) in [6.07, 6.45) is 2.76. The van der Waals surface area contributed by atoms with Gasteiger partial charge in [-0.15, -0.1) is 0 Å². The van der Waals surface area contributed by atoms with E-state index < -0.39 is 11.7 Å². The molecule has 3 heterocycles. The summed E-state index contributed by atoms with van der Waals surface area (Å²) in [6.45, 7) is 9.50. The fraction of sp³-hybridized carbons (Fsp3) is 0.462. The smallest absolute Gasteiger partial charge is 0.407 e. The SMILES string of the molecule is CC(C)(C)OC(=O)NCCN1CCN(C(=O)c2ccc(CCc3c[nH]c4nc(N)[nH]c(=O)c34)cc2)CC1. The van der Waals surface area contributed by atoms with Crippen molar-refractivity contribution < 1.29 is 14.3 Å². The van der Waals surface area contributed by atoms with Gasteiger partial charge in [-0.2, -0.15) is 4.98 Å². The maximum atomic E-state index is 13.0. The van der Waals surface area contributed by atoms with Gasteiger partial charge in [0, 0.05) is 51.0 Å². The van der Waals surface area contributed by atoms with Crippen LogP contribution in [0.25, 0.3) is 11.0 Å². The predicted octanol–water partition coefficient (Wildman–Crippen LogP) is 1.90. The average Bonchev–Trinajstić information content (AvgIpc) is 3.25. The van der Waals surface area contributed by atoms with E-state index in [4.69, 9.17) is 10.5 Å². The molecule has 198 valence electrons. The van der Waals surface area contributed by atoms with E-state index in [2.05, 4.69) is 25.2 Å². The summed E-state index contributed by atoms with van der Waals surface area (Å²) >= 11 is 0. The first-order chi connectivity index (χ1) is 17.6. The van der Waals surface area contributed by atoms with Crippen LogP contribution in [0, 0.1) is 0 Å². The molecule has 0 saturated carbocycles. The molecule has 11 heteroatoms. The van der Waals surface area contributed by atoms with Gasteiger partial charge in [0.05, 0.1) is 5.39 Å². The van der Waals surface area contributed by atoms with Crippen LogP contribution in [0.15, 0.2) is 35.3 Å². The van der Waals surface area contributed by atoms with Crippen LogP contribution in [0.1, 0.15) is 42.3 Å². The lowest BCUT2D eigenvalue weighted by molar-refractivity contribution is 0.0513. The Labute approximate surface area is 215 Å². The van der Waals surface area contributed by atoms with E-state index in [1.807, 2.05) is 49.9 Å². The molecule has 2 amide bonds. The molecule has 0 atom stereocenters. The Morgan fingerprint density at radius 3 is 2.49 bits per heavy atom. The summed E-state index contributed by atoms with van der Waals surface area (Å²) in [7, 11) is 0. The van der Waals surface area contributed by atoms with Gasteiger partial charge in [-0.3, -0.25) is 19.5 Å². The molecule has 0 aliphatic carbocycles. The number of carbonyl (C=O) groups is 2. The number of aromatic nitrogens is 3. The third-order valence-corrected chi connectivity index (χ3v) is 6.28. The van der Waals surface area contributed by atoms with Gasteiger partial charge in [-0.1, -0.05) is 12.1 Å². The van der Waals surface area contributed by atoms with E-state index in [1.54, 1.807) is 6.20 Å². The largest absolute Gasteiger partial charge is 0.444 e. The molecule has 0 spiro atoms. The number of rotatable bonds is 7. The maximum Gasteiger partial charge on any atom is 0.407 e. The number of aromatic amines is 2. The fourth-order valence-corrected chi connectivity index (χ4v) is 4.40. The Hall–Kier alpha value is -3.86. The summed E-state index contributed by atoms with van der Waals surface area (Å²) in [4.78, 5) is 50.8. The van der Waals surface area contributed by atoms with Crippen LogP contribution in [-0.4, -0.2) is 81.6 Å². The summed E-state index contributed by atoms with van der Waals surface area (Å²) in [6, 6.07) is 7.64. The average molecular weight is 510 g/mol. The molecule has 0 radical (unpaired) electrons. The molecule has 1 aliphatic rings. The molecular weight excluding hydrogens is 474 g/mol. The van der Waals surface area contributed by atoms with E-state index in [1.165, 1.54) is 0 Å². The normalized spacial score (nSPS) is 14.6. The minimum Gasteiger partial charge on any atom is -0.444 e. The van der Waals surface area contributed by atoms with Crippen molar-refractivity contribution in [3.8, 4) is 0 Å². The number of nitrogen functional groups attached to an aromatic ring is 1. The van der Waals surface area contributed by atoms with Crippen LogP contribution in [0.3, 0.4) is 0 Å². The third kappa shape index (κ3) is 6.88. The highest BCUT2D eigenvalue weighted by Crippen LogP contribution is 2.17. The number of carbonyl (C=O) groups excluding carboxylic acids is 2. The lowest BCUT2D eigenvalue weighted by Gasteiger charge is -2.34. The van der Waals surface area contributed by atoms with Crippen LogP contribution < -0.4 is 16.6 Å². The number of alkyl carbamates (subject to hydrolysis) is 1. The predicted molar refractivity (Wildman–Crippen MR) is 142 cm³/mol.